The number of halogens is 3. The van der Waals surface area contributed by atoms with E-state index in [1.165, 1.54) is 5.56 Å². The van der Waals surface area contributed by atoms with Crippen LogP contribution in [-0.4, -0.2) is 35.9 Å². The smallest absolute Gasteiger partial charge is 0.481 e. The molecule has 0 saturated carbocycles. The fraction of sp³-hybridized carbons (Fsp3) is 0.455. The van der Waals surface area contributed by atoms with Crippen molar-refractivity contribution < 1.29 is 27.8 Å². The van der Waals surface area contributed by atoms with E-state index in [-0.39, 0.29) is 0 Å². The number of carbonyl (C=O) groups is 1. The first-order valence-corrected chi connectivity index (χ1v) is 5.30. The van der Waals surface area contributed by atoms with Crippen LogP contribution < -0.4 is 10.5 Å². The molecule has 1 aromatic heterocycles. The van der Waals surface area contributed by atoms with Crippen molar-refractivity contribution in [3.63, 3.8) is 0 Å². The lowest BCUT2D eigenvalue weighted by Crippen LogP contribution is -2.21. The van der Waals surface area contributed by atoms with E-state index >= 15 is 0 Å². The lowest BCUT2D eigenvalue weighted by Gasteiger charge is -2.01. The van der Waals surface area contributed by atoms with Crippen LogP contribution in [0.2, 0.25) is 0 Å². The number of aryl methyl sites for hydroxylation is 1. The number of pyridine rings is 1. The summed E-state index contributed by atoms with van der Waals surface area (Å²) in [7, 11) is 1.62. The highest BCUT2D eigenvalue weighted by Gasteiger charge is 2.38. The average Bonchev–Trinajstić information content (AvgIpc) is 2.36. The van der Waals surface area contributed by atoms with Gasteiger partial charge in [-0.05, 0) is 31.0 Å². The Labute approximate surface area is 108 Å². The molecular formula is C11H15F3N2O3. The summed E-state index contributed by atoms with van der Waals surface area (Å²) in [5, 5.41) is 7.12. The Morgan fingerprint density at radius 2 is 2.11 bits per heavy atom. The molecule has 1 aromatic rings. The molecule has 0 radical (unpaired) electrons. The van der Waals surface area contributed by atoms with Gasteiger partial charge in [0.15, 0.2) is 0 Å². The van der Waals surface area contributed by atoms with E-state index in [0.717, 1.165) is 19.4 Å². The molecule has 0 spiro atoms. The van der Waals surface area contributed by atoms with Crippen LogP contribution in [-0.2, 0) is 11.2 Å². The highest BCUT2D eigenvalue weighted by molar-refractivity contribution is 5.73. The van der Waals surface area contributed by atoms with E-state index in [2.05, 4.69) is 4.98 Å². The molecule has 0 amide bonds. The maximum Gasteiger partial charge on any atom is 0.490 e. The summed E-state index contributed by atoms with van der Waals surface area (Å²) in [4.78, 5) is 12.9. The Kier molecular flexibility index (Phi) is 7.50. The van der Waals surface area contributed by atoms with Crippen molar-refractivity contribution in [3.05, 3.63) is 23.9 Å². The van der Waals surface area contributed by atoms with Gasteiger partial charge < -0.3 is 15.6 Å². The number of hydrogen-bond acceptors (Lipinski definition) is 4. The molecule has 3 N–H and O–H groups in total. The molecule has 5 nitrogen and oxygen atoms in total. The van der Waals surface area contributed by atoms with Crippen LogP contribution in [0.25, 0.3) is 0 Å². The summed E-state index contributed by atoms with van der Waals surface area (Å²) in [6.45, 7) is 0.727. The normalized spacial score (nSPS) is 10.4. The summed E-state index contributed by atoms with van der Waals surface area (Å²) in [5.74, 6) is -2.09. The Morgan fingerprint density at radius 1 is 1.53 bits per heavy atom. The summed E-state index contributed by atoms with van der Waals surface area (Å²) >= 11 is 0. The van der Waals surface area contributed by atoms with Crippen LogP contribution in [0.5, 0.6) is 5.88 Å². The van der Waals surface area contributed by atoms with Crippen molar-refractivity contribution in [2.45, 2.75) is 19.0 Å². The van der Waals surface area contributed by atoms with Crippen molar-refractivity contribution in [3.8, 4) is 5.88 Å². The van der Waals surface area contributed by atoms with Gasteiger partial charge in [-0.25, -0.2) is 9.78 Å². The van der Waals surface area contributed by atoms with Crippen molar-refractivity contribution >= 4 is 5.97 Å². The van der Waals surface area contributed by atoms with Gasteiger partial charge in [0.1, 0.15) is 0 Å². The zero-order valence-electron chi connectivity index (χ0n) is 10.3. The second-order valence-corrected chi connectivity index (χ2v) is 3.40. The van der Waals surface area contributed by atoms with E-state index in [9.17, 15) is 13.2 Å². The van der Waals surface area contributed by atoms with Gasteiger partial charge in [0.25, 0.3) is 0 Å². The first-order chi connectivity index (χ1) is 8.81. The van der Waals surface area contributed by atoms with Gasteiger partial charge >= 0.3 is 12.1 Å². The van der Waals surface area contributed by atoms with E-state index < -0.39 is 12.1 Å². The number of ether oxygens (including phenoxy) is 1. The second-order valence-electron chi connectivity index (χ2n) is 3.40. The Hall–Kier alpha value is -1.83. The molecular weight excluding hydrogens is 265 g/mol. The van der Waals surface area contributed by atoms with Gasteiger partial charge in [-0.2, -0.15) is 13.2 Å². The molecule has 0 aromatic carbocycles. The second kappa shape index (κ2) is 8.30. The van der Waals surface area contributed by atoms with Crippen LogP contribution in [0.1, 0.15) is 12.0 Å². The van der Waals surface area contributed by atoms with Gasteiger partial charge in [0.05, 0.1) is 7.11 Å². The van der Waals surface area contributed by atoms with Gasteiger partial charge in [0, 0.05) is 12.3 Å². The summed E-state index contributed by atoms with van der Waals surface area (Å²) < 4.78 is 36.7. The Bertz CT molecular complexity index is 397. The van der Waals surface area contributed by atoms with E-state index in [1.54, 1.807) is 13.3 Å². The Balaban J connectivity index is 0.000000399. The predicted octanol–water partition coefficient (Wildman–Crippen LogP) is 1.61. The minimum absolute atomic E-state index is 0.671. The van der Waals surface area contributed by atoms with Gasteiger partial charge in [-0.3, -0.25) is 0 Å². The lowest BCUT2D eigenvalue weighted by molar-refractivity contribution is -0.192. The third-order valence-corrected chi connectivity index (χ3v) is 1.92. The molecule has 0 unspecified atom stereocenters. The molecule has 0 aliphatic heterocycles. The van der Waals surface area contributed by atoms with E-state index in [0.29, 0.717) is 5.88 Å². The standard InChI is InChI=1S/C9H14N2O.C2HF3O2/c1-12-9-7-8(3-2-5-10)4-6-11-9;3-2(4,5)1(6)7/h4,6-7H,2-3,5,10H2,1H3;(H,6,7). The summed E-state index contributed by atoms with van der Waals surface area (Å²) in [6.07, 6.45) is -1.33. The van der Waals surface area contributed by atoms with Crippen LogP contribution >= 0.6 is 0 Å². The summed E-state index contributed by atoms with van der Waals surface area (Å²) in [6, 6.07) is 3.92. The molecule has 0 saturated heterocycles. The number of alkyl halides is 3. The van der Waals surface area contributed by atoms with Crippen LogP contribution in [0.4, 0.5) is 13.2 Å². The Morgan fingerprint density at radius 3 is 2.53 bits per heavy atom. The lowest BCUT2D eigenvalue weighted by atomic mass is 10.1. The first kappa shape index (κ1) is 17.2. The minimum Gasteiger partial charge on any atom is -0.481 e. The fourth-order valence-electron chi connectivity index (χ4n) is 1.02. The van der Waals surface area contributed by atoms with Crippen molar-refractivity contribution in [1.29, 1.82) is 0 Å². The molecule has 8 heteroatoms. The van der Waals surface area contributed by atoms with Gasteiger partial charge in [-0.15, -0.1) is 0 Å². The van der Waals surface area contributed by atoms with Crippen molar-refractivity contribution in [1.82, 2.24) is 4.98 Å². The zero-order valence-corrected chi connectivity index (χ0v) is 10.3. The van der Waals surface area contributed by atoms with Gasteiger partial charge in [0.2, 0.25) is 5.88 Å². The largest absolute Gasteiger partial charge is 0.490 e. The average molecular weight is 280 g/mol. The molecule has 0 bridgehead atoms. The third kappa shape index (κ3) is 7.98. The number of aromatic nitrogens is 1. The number of nitrogens with zero attached hydrogens (tertiary/aromatic N) is 1. The number of nitrogens with two attached hydrogens (primary N) is 1. The monoisotopic (exact) mass is 280 g/mol. The topological polar surface area (TPSA) is 85.4 Å². The molecule has 0 aliphatic carbocycles. The molecule has 0 fully saturated rings. The van der Waals surface area contributed by atoms with Gasteiger partial charge in [-0.1, -0.05) is 0 Å². The number of carboxylic acid groups (broad SMARTS) is 1. The highest BCUT2D eigenvalue weighted by Crippen LogP contribution is 2.13. The van der Waals surface area contributed by atoms with Crippen molar-refractivity contribution in [2.24, 2.45) is 5.73 Å². The fourth-order valence-corrected chi connectivity index (χ4v) is 1.02. The van der Waals surface area contributed by atoms with Crippen molar-refractivity contribution in [2.75, 3.05) is 13.7 Å². The van der Waals surface area contributed by atoms with Crippen LogP contribution in [0, 0.1) is 0 Å². The molecule has 1 rings (SSSR count). The quantitative estimate of drug-likeness (QED) is 0.875. The number of carboxylic acids is 1. The third-order valence-electron chi connectivity index (χ3n) is 1.92. The summed E-state index contributed by atoms with van der Waals surface area (Å²) in [5.41, 5.74) is 6.63. The molecule has 108 valence electrons. The molecule has 0 atom stereocenters. The molecule has 0 aliphatic rings. The van der Waals surface area contributed by atoms with E-state index in [1.807, 2.05) is 12.1 Å². The maximum absolute atomic E-state index is 10.6. The zero-order chi connectivity index (χ0) is 14.9. The highest BCUT2D eigenvalue weighted by atomic mass is 19.4. The molecule has 19 heavy (non-hydrogen) atoms. The first-order valence-electron chi connectivity index (χ1n) is 5.30. The molecule has 1 heterocycles. The number of rotatable bonds is 4. The van der Waals surface area contributed by atoms with Crippen LogP contribution in [0.15, 0.2) is 18.3 Å². The number of methoxy groups -OCH3 is 1. The number of hydrogen-bond donors (Lipinski definition) is 2. The number of aliphatic carboxylic acids is 1. The maximum atomic E-state index is 10.6. The SMILES string of the molecule is COc1cc(CCCN)ccn1.O=C(O)C(F)(F)F. The predicted molar refractivity (Wildman–Crippen MR) is 61.9 cm³/mol. The van der Waals surface area contributed by atoms with E-state index in [4.69, 9.17) is 20.4 Å². The van der Waals surface area contributed by atoms with Crippen LogP contribution in [0.3, 0.4) is 0 Å². The minimum atomic E-state index is -5.08.